The molecule has 0 radical (unpaired) electrons. The van der Waals surface area contributed by atoms with Crippen LogP contribution in [0.4, 0.5) is 17.8 Å². The molecular formula is C14H28N6O. The summed E-state index contributed by atoms with van der Waals surface area (Å²) in [4.78, 5) is 17.6. The molecule has 120 valence electrons. The van der Waals surface area contributed by atoms with Gasteiger partial charge in [-0.3, -0.25) is 0 Å². The largest absolute Gasteiger partial charge is 0.395 e. The quantitative estimate of drug-likeness (QED) is 0.675. The molecule has 7 heteroatoms. The Kier molecular flexibility index (Phi) is 7.74. The van der Waals surface area contributed by atoms with E-state index in [0.717, 1.165) is 32.6 Å². The lowest BCUT2D eigenvalue weighted by molar-refractivity contribution is 0.301. The molecule has 0 saturated carbocycles. The topological polar surface area (TPSA) is 77.4 Å². The number of aromatic nitrogens is 3. The molecule has 0 aliphatic heterocycles. The van der Waals surface area contributed by atoms with Crippen LogP contribution in [-0.2, 0) is 0 Å². The van der Waals surface area contributed by atoms with E-state index in [2.05, 4.69) is 45.9 Å². The number of hydrogen-bond acceptors (Lipinski definition) is 7. The predicted molar refractivity (Wildman–Crippen MR) is 87.1 cm³/mol. The highest BCUT2D eigenvalue weighted by molar-refractivity contribution is 5.45. The number of anilines is 3. The van der Waals surface area contributed by atoms with Crippen molar-refractivity contribution < 1.29 is 5.11 Å². The molecule has 0 aromatic carbocycles. The van der Waals surface area contributed by atoms with Crippen LogP contribution in [0.1, 0.15) is 34.1 Å². The van der Waals surface area contributed by atoms with Gasteiger partial charge in [-0.25, -0.2) is 0 Å². The van der Waals surface area contributed by atoms with Crippen LogP contribution in [0, 0.1) is 0 Å². The van der Waals surface area contributed by atoms with Crippen molar-refractivity contribution in [1.29, 1.82) is 0 Å². The van der Waals surface area contributed by atoms with Crippen molar-refractivity contribution in [2.75, 3.05) is 54.4 Å². The fraction of sp³-hybridized carbons (Fsp3) is 0.786. The maximum absolute atomic E-state index is 9.17. The number of hydrogen-bond donors (Lipinski definition) is 2. The Bertz CT molecular complexity index is 410. The molecule has 0 aliphatic rings. The number of aliphatic hydroxyl groups is 1. The lowest BCUT2D eigenvalue weighted by Crippen LogP contribution is -2.31. The van der Waals surface area contributed by atoms with E-state index in [1.165, 1.54) is 0 Å². The predicted octanol–water partition coefficient (Wildman–Crippen LogP) is 1.36. The summed E-state index contributed by atoms with van der Waals surface area (Å²) in [6.07, 6.45) is 1.01. The summed E-state index contributed by atoms with van der Waals surface area (Å²) < 4.78 is 0. The van der Waals surface area contributed by atoms with Crippen molar-refractivity contribution in [1.82, 2.24) is 15.0 Å². The summed E-state index contributed by atoms with van der Waals surface area (Å²) >= 11 is 0. The molecule has 1 heterocycles. The molecule has 0 bridgehead atoms. The van der Waals surface area contributed by atoms with Crippen LogP contribution in [-0.4, -0.2) is 59.4 Å². The smallest absolute Gasteiger partial charge is 0.232 e. The number of nitrogens with zero attached hydrogens (tertiary/aromatic N) is 5. The first-order valence-electron chi connectivity index (χ1n) is 7.80. The zero-order valence-electron chi connectivity index (χ0n) is 13.6. The van der Waals surface area contributed by atoms with E-state index in [0.29, 0.717) is 24.4 Å². The SMILES string of the molecule is CCCNc1nc(N(CC)CC)nc(N(CC)CCO)n1. The molecule has 0 amide bonds. The van der Waals surface area contributed by atoms with Gasteiger partial charge in [0.05, 0.1) is 6.61 Å². The van der Waals surface area contributed by atoms with E-state index in [1.807, 2.05) is 11.8 Å². The zero-order chi connectivity index (χ0) is 15.7. The molecule has 0 fully saturated rings. The molecule has 2 N–H and O–H groups in total. The van der Waals surface area contributed by atoms with Gasteiger partial charge in [0, 0.05) is 32.7 Å². The van der Waals surface area contributed by atoms with Crippen LogP contribution in [0.15, 0.2) is 0 Å². The Morgan fingerprint density at radius 2 is 1.48 bits per heavy atom. The molecule has 1 aromatic heterocycles. The summed E-state index contributed by atoms with van der Waals surface area (Å²) in [7, 11) is 0. The molecule has 0 unspecified atom stereocenters. The molecule has 0 aliphatic carbocycles. The van der Waals surface area contributed by atoms with Gasteiger partial charge in [-0.05, 0) is 27.2 Å². The first kappa shape index (κ1) is 17.4. The van der Waals surface area contributed by atoms with Gasteiger partial charge >= 0.3 is 0 Å². The van der Waals surface area contributed by atoms with Gasteiger partial charge in [-0.15, -0.1) is 0 Å². The average molecular weight is 296 g/mol. The molecule has 0 spiro atoms. The highest BCUT2D eigenvalue weighted by Crippen LogP contribution is 2.16. The number of nitrogens with one attached hydrogen (secondary N) is 1. The maximum atomic E-state index is 9.17. The van der Waals surface area contributed by atoms with Gasteiger partial charge in [0.25, 0.3) is 0 Å². The summed E-state index contributed by atoms with van der Waals surface area (Å²) in [6, 6.07) is 0. The van der Waals surface area contributed by atoms with Crippen molar-refractivity contribution in [2.45, 2.75) is 34.1 Å². The van der Waals surface area contributed by atoms with Crippen molar-refractivity contribution in [3.05, 3.63) is 0 Å². The third-order valence-electron chi connectivity index (χ3n) is 3.23. The van der Waals surface area contributed by atoms with Crippen molar-refractivity contribution in [3.8, 4) is 0 Å². The van der Waals surface area contributed by atoms with Gasteiger partial charge in [0.15, 0.2) is 0 Å². The highest BCUT2D eigenvalue weighted by atomic mass is 16.3. The first-order chi connectivity index (χ1) is 10.2. The van der Waals surface area contributed by atoms with Gasteiger partial charge in [-0.2, -0.15) is 15.0 Å². The van der Waals surface area contributed by atoms with Crippen LogP contribution in [0.25, 0.3) is 0 Å². The van der Waals surface area contributed by atoms with Gasteiger partial charge in [-0.1, -0.05) is 6.92 Å². The van der Waals surface area contributed by atoms with Gasteiger partial charge < -0.3 is 20.2 Å². The standard InChI is InChI=1S/C14H28N6O/c1-5-9-15-12-16-13(19(6-2)7-3)18-14(17-12)20(8-4)10-11-21/h21H,5-11H2,1-4H3,(H,15,16,17,18). The lowest BCUT2D eigenvalue weighted by Gasteiger charge is -2.24. The highest BCUT2D eigenvalue weighted by Gasteiger charge is 2.14. The van der Waals surface area contributed by atoms with Crippen LogP contribution in [0.5, 0.6) is 0 Å². The molecule has 7 nitrogen and oxygen atoms in total. The van der Waals surface area contributed by atoms with E-state index in [4.69, 9.17) is 0 Å². The maximum Gasteiger partial charge on any atom is 0.232 e. The second-order valence-corrected chi connectivity index (χ2v) is 4.66. The minimum absolute atomic E-state index is 0.0812. The Morgan fingerprint density at radius 3 is 1.95 bits per heavy atom. The second-order valence-electron chi connectivity index (χ2n) is 4.66. The fourth-order valence-electron chi connectivity index (χ4n) is 1.98. The van der Waals surface area contributed by atoms with Gasteiger partial charge in [0.2, 0.25) is 17.8 Å². The summed E-state index contributed by atoms with van der Waals surface area (Å²) in [5.41, 5.74) is 0. The third kappa shape index (κ3) is 5.00. The van der Waals surface area contributed by atoms with Crippen LogP contribution in [0.2, 0.25) is 0 Å². The van der Waals surface area contributed by atoms with Crippen molar-refractivity contribution >= 4 is 17.8 Å². The Morgan fingerprint density at radius 1 is 0.905 bits per heavy atom. The Labute approximate surface area is 127 Å². The van der Waals surface area contributed by atoms with Crippen LogP contribution in [0.3, 0.4) is 0 Å². The fourth-order valence-corrected chi connectivity index (χ4v) is 1.98. The molecule has 1 aromatic rings. The number of aliphatic hydroxyl groups excluding tert-OH is 1. The summed E-state index contributed by atoms with van der Waals surface area (Å²) in [5.74, 6) is 1.89. The third-order valence-corrected chi connectivity index (χ3v) is 3.23. The Balaban J connectivity index is 3.12. The summed E-state index contributed by atoms with van der Waals surface area (Å²) in [5, 5.41) is 12.4. The van der Waals surface area contributed by atoms with E-state index >= 15 is 0 Å². The van der Waals surface area contributed by atoms with Crippen molar-refractivity contribution in [3.63, 3.8) is 0 Å². The zero-order valence-corrected chi connectivity index (χ0v) is 13.6. The lowest BCUT2D eigenvalue weighted by atomic mass is 10.5. The van der Waals surface area contributed by atoms with E-state index in [9.17, 15) is 5.11 Å². The van der Waals surface area contributed by atoms with E-state index in [1.54, 1.807) is 0 Å². The number of likely N-dealkylation sites (N-methyl/N-ethyl adjacent to an activating group) is 1. The molecule has 1 rings (SSSR count). The van der Waals surface area contributed by atoms with Crippen molar-refractivity contribution in [2.24, 2.45) is 0 Å². The number of rotatable bonds is 10. The summed E-state index contributed by atoms with van der Waals surface area (Å²) in [6.45, 7) is 12.2. The van der Waals surface area contributed by atoms with E-state index in [-0.39, 0.29) is 6.61 Å². The van der Waals surface area contributed by atoms with Gasteiger partial charge in [0.1, 0.15) is 0 Å². The van der Waals surface area contributed by atoms with Crippen LogP contribution >= 0.6 is 0 Å². The molecule has 0 saturated heterocycles. The first-order valence-corrected chi connectivity index (χ1v) is 7.80. The minimum atomic E-state index is 0.0812. The monoisotopic (exact) mass is 296 g/mol. The second kappa shape index (κ2) is 9.33. The van der Waals surface area contributed by atoms with E-state index < -0.39 is 0 Å². The Hall–Kier alpha value is -1.63. The molecule has 21 heavy (non-hydrogen) atoms. The molecule has 0 atom stereocenters. The van der Waals surface area contributed by atoms with Crippen LogP contribution < -0.4 is 15.1 Å². The normalized spacial score (nSPS) is 10.5. The molecular weight excluding hydrogens is 268 g/mol. The minimum Gasteiger partial charge on any atom is -0.395 e. The average Bonchev–Trinajstić information content (AvgIpc) is 2.51.